The minimum atomic E-state index is -14.2. The third-order valence-corrected chi connectivity index (χ3v) is 9.00. The Morgan fingerprint density at radius 1 is 0.581 bits per heavy atom. The number of nitrogens with two attached hydrogens (primary N) is 1. The average molecular weight is 529 g/mol. The van der Waals surface area contributed by atoms with Crippen LogP contribution in [0.2, 0.25) is 0 Å². The van der Waals surface area contributed by atoms with Crippen LogP contribution in [0.5, 0.6) is 0 Å². The summed E-state index contributed by atoms with van der Waals surface area (Å²) in [6, 6.07) is 0. The van der Waals surface area contributed by atoms with E-state index in [1.165, 1.54) is 0 Å². The number of hydrogen-bond acceptors (Lipinski definition) is 3. The van der Waals surface area contributed by atoms with Gasteiger partial charge < -0.3 is 0 Å². The molecule has 0 aliphatic rings. The van der Waals surface area contributed by atoms with Crippen LogP contribution in [-0.2, 0) is 4.52 Å². The third-order valence-electron chi connectivity index (χ3n) is 3.83. The quantitative estimate of drug-likeness (QED) is 0.226. The standard InChI is InChI=1S/C10H11F17N2OP/c11-5(12,13)8(20,21)31(26,27,9(22,23)6(14,15)16,10(24,25)7(17,18)19)30-4-3-29-2-1-28/h29H,1-4,28H2/q-1. The molecule has 0 radical (unpaired) electrons. The minimum absolute atomic E-state index is 0.521. The molecule has 192 valence electrons. The van der Waals surface area contributed by atoms with E-state index >= 15 is 0 Å². The van der Waals surface area contributed by atoms with Crippen LogP contribution >= 0.6 is 6.79 Å². The molecule has 0 atom stereocenters. The fraction of sp³-hybridized carbons (Fsp3) is 1.00. The van der Waals surface area contributed by atoms with Crippen molar-refractivity contribution in [3.05, 3.63) is 0 Å². The number of hydrogen-bond donors (Lipinski definition) is 2. The van der Waals surface area contributed by atoms with Crippen LogP contribution in [0.3, 0.4) is 0 Å². The van der Waals surface area contributed by atoms with Crippen LogP contribution in [0, 0.1) is 0 Å². The fourth-order valence-corrected chi connectivity index (χ4v) is 5.84. The number of halogens is 17. The van der Waals surface area contributed by atoms with Crippen molar-refractivity contribution in [1.82, 2.24) is 5.32 Å². The van der Waals surface area contributed by atoms with Crippen molar-refractivity contribution < 1.29 is 78.8 Å². The number of rotatable bonds is 9. The Kier molecular flexibility index (Phi) is 7.10. The van der Waals surface area contributed by atoms with Gasteiger partial charge in [0, 0.05) is 0 Å². The van der Waals surface area contributed by atoms with Crippen LogP contribution in [0.25, 0.3) is 0 Å². The second-order valence-electron chi connectivity index (χ2n) is 5.81. The second-order valence-corrected chi connectivity index (χ2v) is 10.4. The first-order chi connectivity index (χ1) is 13.2. The fourth-order valence-electron chi connectivity index (χ4n) is 2.15. The first-order valence-electron chi connectivity index (χ1n) is 7.18. The first-order valence-corrected chi connectivity index (χ1v) is 9.56. The molecule has 0 rings (SSSR count). The molecule has 0 spiro atoms. The molecule has 0 fully saturated rings. The summed E-state index contributed by atoms with van der Waals surface area (Å²) in [4.78, 5) is 0. The van der Waals surface area contributed by atoms with Gasteiger partial charge >= 0.3 is 158 Å². The van der Waals surface area contributed by atoms with Gasteiger partial charge in [-0.1, -0.05) is 0 Å². The van der Waals surface area contributed by atoms with Gasteiger partial charge in [-0.05, 0) is 0 Å². The molecule has 0 heterocycles. The Bertz CT molecular complexity index is 589. The Hall–Kier alpha value is -0.880. The van der Waals surface area contributed by atoms with Gasteiger partial charge in [0.2, 0.25) is 0 Å². The van der Waals surface area contributed by atoms with Gasteiger partial charge in [-0.3, -0.25) is 0 Å². The summed E-state index contributed by atoms with van der Waals surface area (Å²) in [5.74, 6) is 0. The third kappa shape index (κ3) is 3.25. The topological polar surface area (TPSA) is 47.3 Å². The average Bonchev–Trinajstić information content (AvgIpc) is 2.51. The predicted molar refractivity (Wildman–Crippen MR) is 70.0 cm³/mol. The van der Waals surface area contributed by atoms with E-state index in [2.05, 4.69) is 0 Å². The van der Waals surface area contributed by atoms with E-state index in [0.717, 1.165) is 0 Å². The van der Waals surface area contributed by atoms with Gasteiger partial charge in [-0.2, -0.15) is 0 Å². The maximum atomic E-state index is 15.0. The molecule has 0 aromatic rings. The van der Waals surface area contributed by atoms with Crippen molar-refractivity contribution >= 4 is 6.79 Å². The molecule has 3 nitrogen and oxygen atoms in total. The molecule has 0 aliphatic heterocycles. The van der Waals surface area contributed by atoms with E-state index in [1.54, 1.807) is 5.32 Å². The molecular weight excluding hydrogens is 518 g/mol. The Labute approximate surface area is 159 Å². The summed E-state index contributed by atoms with van der Waals surface area (Å²) < 4.78 is 227. The zero-order chi connectivity index (χ0) is 25.7. The predicted octanol–water partition coefficient (Wildman–Crippen LogP) is 5.79. The van der Waals surface area contributed by atoms with Gasteiger partial charge in [-0.25, -0.2) is 0 Å². The number of nitrogens with one attached hydrogen (secondary N) is 1. The van der Waals surface area contributed by atoms with Crippen molar-refractivity contribution in [1.29, 1.82) is 0 Å². The van der Waals surface area contributed by atoms with Crippen LogP contribution in [0.4, 0.5) is 74.3 Å². The van der Waals surface area contributed by atoms with E-state index in [-0.39, 0.29) is 0 Å². The van der Waals surface area contributed by atoms with E-state index in [1.807, 2.05) is 4.52 Å². The molecule has 21 heteroatoms. The number of alkyl halides is 15. The summed E-state index contributed by atoms with van der Waals surface area (Å²) in [5, 5.41) is 1.57. The Morgan fingerprint density at radius 2 is 0.871 bits per heavy atom. The van der Waals surface area contributed by atoms with Crippen molar-refractivity contribution in [2.24, 2.45) is 5.73 Å². The van der Waals surface area contributed by atoms with Gasteiger partial charge in [-0.15, -0.1) is 0 Å². The summed E-state index contributed by atoms with van der Waals surface area (Å²) in [6.07, 6.45) is -25.5. The zero-order valence-corrected chi connectivity index (χ0v) is 15.1. The molecule has 0 unspecified atom stereocenters. The van der Waals surface area contributed by atoms with Crippen LogP contribution in [0.15, 0.2) is 0 Å². The molecule has 0 saturated carbocycles. The van der Waals surface area contributed by atoms with Crippen LogP contribution in [0.1, 0.15) is 0 Å². The molecule has 0 aromatic carbocycles. The van der Waals surface area contributed by atoms with E-state index in [4.69, 9.17) is 5.73 Å². The second kappa shape index (κ2) is 7.31. The molecule has 0 amide bonds. The summed E-state index contributed by atoms with van der Waals surface area (Å²) in [5.41, 5.74) is -23.3. The van der Waals surface area contributed by atoms with Gasteiger partial charge in [0.25, 0.3) is 0 Å². The molecular formula is C10H11F17N2OP-. The van der Waals surface area contributed by atoms with Crippen molar-refractivity contribution in [3.63, 3.8) is 0 Å². The normalized spacial score (nSPS) is 18.0. The summed E-state index contributed by atoms with van der Waals surface area (Å²) in [6.45, 7) is -20.2. The first kappa shape index (κ1) is 30.1. The van der Waals surface area contributed by atoms with Crippen molar-refractivity contribution in [2.45, 2.75) is 35.5 Å². The monoisotopic (exact) mass is 529 g/mol. The molecule has 0 saturated heterocycles. The molecule has 3 N–H and O–H groups in total. The molecule has 31 heavy (non-hydrogen) atoms. The van der Waals surface area contributed by atoms with Crippen molar-refractivity contribution in [3.8, 4) is 0 Å². The zero-order valence-electron chi connectivity index (χ0n) is 14.2. The van der Waals surface area contributed by atoms with Crippen molar-refractivity contribution in [2.75, 3.05) is 26.2 Å². The van der Waals surface area contributed by atoms with E-state index in [9.17, 15) is 74.3 Å². The molecule has 0 bridgehead atoms. The van der Waals surface area contributed by atoms with Gasteiger partial charge in [0.05, 0.1) is 0 Å². The SMILES string of the molecule is NCCNCCO[P-](F)(F)(C(F)(F)C(F)(F)F)(C(F)(F)C(F)(F)F)C(F)(F)C(F)(F)F. The van der Waals surface area contributed by atoms with E-state index in [0.29, 0.717) is 0 Å². The van der Waals surface area contributed by atoms with Gasteiger partial charge in [0.1, 0.15) is 0 Å². The molecule has 0 aliphatic carbocycles. The molecule has 0 aromatic heterocycles. The van der Waals surface area contributed by atoms with E-state index < -0.39 is 68.6 Å². The van der Waals surface area contributed by atoms with Crippen LogP contribution in [-0.4, -0.2) is 61.8 Å². The van der Waals surface area contributed by atoms with Crippen LogP contribution < -0.4 is 11.1 Å². The van der Waals surface area contributed by atoms with Gasteiger partial charge in [0.15, 0.2) is 0 Å². The maximum absolute atomic E-state index is 15.0. The summed E-state index contributed by atoms with van der Waals surface area (Å²) in [7, 11) is 0. The summed E-state index contributed by atoms with van der Waals surface area (Å²) >= 11 is 0. The Balaban J connectivity index is 7.81. The Morgan fingerprint density at radius 3 is 1.10 bits per heavy atom.